The number of nitrogens with zero attached hydrogens (tertiary/aromatic N) is 4. The van der Waals surface area contributed by atoms with Crippen molar-refractivity contribution < 1.29 is 9.59 Å². The van der Waals surface area contributed by atoms with Gasteiger partial charge in [0.25, 0.3) is 5.91 Å². The number of carbonyl (C=O) groups excluding carboxylic acids is 2. The van der Waals surface area contributed by atoms with E-state index in [0.29, 0.717) is 25.2 Å². The maximum Gasteiger partial charge on any atom is 0.274 e. The Bertz CT molecular complexity index is 599. The average molecular weight is 376 g/mol. The smallest absolute Gasteiger partial charge is 0.274 e. The number of piperidine rings is 1. The summed E-state index contributed by atoms with van der Waals surface area (Å²) in [7, 11) is 0. The van der Waals surface area contributed by atoms with Crippen LogP contribution in [-0.2, 0) is 4.79 Å². The zero-order valence-corrected chi connectivity index (χ0v) is 16.9. The van der Waals surface area contributed by atoms with Gasteiger partial charge in [0, 0.05) is 38.3 Å². The Morgan fingerprint density at radius 2 is 1.93 bits per heavy atom. The molecule has 0 bridgehead atoms. The third-order valence-electron chi connectivity index (χ3n) is 5.05. The largest absolute Gasteiger partial charge is 0.354 e. The lowest BCUT2D eigenvalue weighted by Gasteiger charge is -2.30. The van der Waals surface area contributed by atoms with Crippen LogP contribution in [0.15, 0.2) is 12.4 Å². The lowest BCUT2D eigenvalue weighted by molar-refractivity contribution is -0.121. The van der Waals surface area contributed by atoms with Crippen molar-refractivity contribution in [3.63, 3.8) is 0 Å². The molecule has 2 heterocycles. The summed E-state index contributed by atoms with van der Waals surface area (Å²) in [5.74, 6) is -0.175. The van der Waals surface area contributed by atoms with Crippen molar-refractivity contribution in [3.8, 4) is 0 Å². The molecule has 0 saturated carbocycles. The summed E-state index contributed by atoms with van der Waals surface area (Å²) in [5, 5.41) is 2.96. The molecule has 27 heavy (non-hydrogen) atoms. The van der Waals surface area contributed by atoms with Crippen LogP contribution in [0.2, 0.25) is 0 Å². The Balaban J connectivity index is 1.96. The molecule has 0 aromatic carbocycles. The van der Waals surface area contributed by atoms with Crippen LogP contribution >= 0.6 is 0 Å². The molecule has 1 aliphatic rings. The average Bonchev–Trinajstić information content (AvgIpc) is 2.68. The first-order chi connectivity index (χ1) is 13.0. The van der Waals surface area contributed by atoms with Gasteiger partial charge in [-0.2, -0.15) is 0 Å². The number of aromatic nitrogens is 2. The van der Waals surface area contributed by atoms with Gasteiger partial charge >= 0.3 is 0 Å². The van der Waals surface area contributed by atoms with Gasteiger partial charge < -0.3 is 15.1 Å². The molecule has 1 saturated heterocycles. The SMILES string of the molecule is CC[C@H](C)NC(=O)CCN(CCN1CCCCC1)C(=O)c1cnc(C)cn1. The van der Waals surface area contributed by atoms with Crippen LogP contribution in [-0.4, -0.2) is 70.3 Å². The normalized spacial score (nSPS) is 16.0. The molecule has 2 amide bonds. The second kappa shape index (κ2) is 11.0. The van der Waals surface area contributed by atoms with Gasteiger partial charge in [-0.25, -0.2) is 4.98 Å². The zero-order valence-electron chi connectivity index (χ0n) is 16.9. The number of hydrogen-bond donors (Lipinski definition) is 1. The van der Waals surface area contributed by atoms with E-state index >= 15 is 0 Å². The maximum atomic E-state index is 12.9. The molecule has 0 unspecified atom stereocenters. The van der Waals surface area contributed by atoms with Gasteiger partial charge in [-0.05, 0) is 46.2 Å². The molecule has 7 nitrogen and oxygen atoms in total. The Hall–Kier alpha value is -2.02. The number of hydrogen-bond acceptors (Lipinski definition) is 5. The van der Waals surface area contributed by atoms with E-state index in [9.17, 15) is 9.59 Å². The summed E-state index contributed by atoms with van der Waals surface area (Å²) in [6, 6.07) is 0.151. The molecule has 150 valence electrons. The van der Waals surface area contributed by atoms with Gasteiger partial charge in [-0.1, -0.05) is 13.3 Å². The fourth-order valence-electron chi connectivity index (χ4n) is 3.11. The summed E-state index contributed by atoms with van der Waals surface area (Å²) < 4.78 is 0. The number of likely N-dealkylation sites (tertiary alicyclic amines) is 1. The van der Waals surface area contributed by atoms with E-state index in [1.807, 2.05) is 20.8 Å². The quantitative estimate of drug-likeness (QED) is 0.714. The van der Waals surface area contributed by atoms with E-state index in [4.69, 9.17) is 0 Å². The highest BCUT2D eigenvalue weighted by molar-refractivity contribution is 5.92. The minimum Gasteiger partial charge on any atom is -0.354 e. The van der Waals surface area contributed by atoms with Crippen LogP contribution in [0.1, 0.15) is 62.1 Å². The highest BCUT2D eigenvalue weighted by atomic mass is 16.2. The van der Waals surface area contributed by atoms with Crippen molar-refractivity contribution in [2.24, 2.45) is 0 Å². The van der Waals surface area contributed by atoms with E-state index in [0.717, 1.165) is 31.7 Å². The predicted molar refractivity (Wildman–Crippen MR) is 105 cm³/mol. The van der Waals surface area contributed by atoms with Crippen LogP contribution in [0.25, 0.3) is 0 Å². The van der Waals surface area contributed by atoms with E-state index in [-0.39, 0.29) is 17.9 Å². The molecule has 2 rings (SSSR count). The third-order valence-corrected chi connectivity index (χ3v) is 5.05. The Morgan fingerprint density at radius 3 is 2.56 bits per heavy atom. The maximum absolute atomic E-state index is 12.9. The Kier molecular flexibility index (Phi) is 8.64. The summed E-state index contributed by atoms with van der Waals surface area (Å²) in [4.78, 5) is 37.6. The Morgan fingerprint density at radius 1 is 1.19 bits per heavy atom. The standard InChI is InChI=1S/C20H33N5O2/c1-4-16(2)23-19(26)8-11-25(13-12-24-9-6-5-7-10-24)20(27)18-15-21-17(3)14-22-18/h14-16H,4-13H2,1-3H3,(H,23,26)/t16-/m0/s1. The second-order valence-corrected chi connectivity index (χ2v) is 7.36. The summed E-state index contributed by atoms with van der Waals surface area (Å²) in [6.45, 7) is 9.86. The highest BCUT2D eigenvalue weighted by Gasteiger charge is 2.20. The minimum atomic E-state index is -0.157. The monoisotopic (exact) mass is 375 g/mol. The molecule has 1 aromatic rings. The molecule has 0 radical (unpaired) electrons. The number of amides is 2. The molecule has 1 aliphatic heterocycles. The van der Waals surface area contributed by atoms with Crippen molar-refractivity contribution in [3.05, 3.63) is 23.8 Å². The van der Waals surface area contributed by atoms with Crippen molar-refractivity contribution in [1.29, 1.82) is 0 Å². The lowest BCUT2D eigenvalue weighted by Crippen LogP contribution is -2.42. The van der Waals surface area contributed by atoms with Crippen LogP contribution in [0.4, 0.5) is 0 Å². The first-order valence-corrected chi connectivity index (χ1v) is 10.1. The lowest BCUT2D eigenvalue weighted by atomic mass is 10.1. The minimum absolute atomic E-state index is 0.0184. The molecule has 0 aliphatic carbocycles. The molecule has 1 N–H and O–H groups in total. The van der Waals surface area contributed by atoms with E-state index in [1.54, 1.807) is 11.1 Å². The van der Waals surface area contributed by atoms with Crippen LogP contribution in [0, 0.1) is 6.92 Å². The van der Waals surface area contributed by atoms with Gasteiger partial charge in [0.15, 0.2) is 0 Å². The summed E-state index contributed by atoms with van der Waals surface area (Å²) >= 11 is 0. The Labute approximate surface area is 162 Å². The van der Waals surface area contributed by atoms with Crippen molar-refractivity contribution >= 4 is 11.8 Å². The molecule has 1 aromatic heterocycles. The summed E-state index contributed by atoms with van der Waals surface area (Å²) in [5.41, 5.74) is 1.11. The third kappa shape index (κ3) is 7.25. The number of rotatable bonds is 9. The number of carbonyl (C=O) groups is 2. The van der Waals surface area contributed by atoms with E-state index in [2.05, 4.69) is 20.2 Å². The molecule has 7 heteroatoms. The van der Waals surface area contributed by atoms with Crippen molar-refractivity contribution in [2.75, 3.05) is 32.7 Å². The van der Waals surface area contributed by atoms with Gasteiger partial charge in [0.1, 0.15) is 5.69 Å². The molecule has 0 spiro atoms. The zero-order chi connectivity index (χ0) is 19.6. The topological polar surface area (TPSA) is 78.4 Å². The fourth-order valence-corrected chi connectivity index (χ4v) is 3.11. The van der Waals surface area contributed by atoms with E-state index < -0.39 is 0 Å². The second-order valence-electron chi connectivity index (χ2n) is 7.36. The highest BCUT2D eigenvalue weighted by Crippen LogP contribution is 2.09. The number of nitrogens with one attached hydrogen (secondary N) is 1. The fraction of sp³-hybridized carbons (Fsp3) is 0.700. The summed E-state index contributed by atoms with van der Waals surface area (Å²) in [6.07, 6.45) is 8.03. The molecule has 1 fully saturated rings. The van der Waals surface area contributed by atoms with Gasteiger partial charge in [-0.15, -0.1) is 0 Å². The first kappa shape index (κ1) is 21.3. The van der Waals surface area contributed by atoms with E-state index in [1.165, 1.54) is 25.5 Å². The number of aryl methyl sites for hydroxylation is 1. The molecular weight excluding hydrogens is 342 g/mol. The van der Waals surface area contributed by atoms with Crippen LogP contribution < -0.4 is 5.32 Å². The predicted octanol–water partition coefficient (Wildman–Crippen LogP) is 2.02. The van der Waals surface area contributed by atoms with Gasteiger partial charge in [-0.3, -0.25) is 14.6 Å². The van der Waals surface area contributed by atoms with Crippen molar-refractivity contribution in [1.82, 2.24) is 25.1 Å². The molecular formula is C20H33N5O2. The van der Waals surface area contributed by atoms with Gasteiger partial charge in [0.2, 0.25) is 5.91 Å². The first-order valence-electron chi connectivity index (χ1n) is 10.1. The van der Waals surface area contributed by atoms with Crippen LogP contribution in [0.5, 0.6) is 0 Å². The van der Waals surface area contributed by atoms with Gasteiger partial charge in [0.05, 0.1) is 11.9 Å². The van der Waals surface area contributed by atoms with Crippen molar-refractivity contribution in [2.45, 2.75) is 58.9 Å². The van der Waals surface area contributed by atoms with Crippen LogP contribution in [0.3, 0.4) is 0 Å². The molecule has 1 atom stereocenters.